The van der Waals surface area contributed by atoms with Gasteiger partial charge in [0.1, 0.15) is 6.54 Å². The lowest BCUT2D eigenvalue weighted by Crippen LogP contribution is -2.42. The van der Waals surface area contributed by atoms with E-state index >= 15 is 0 Å². The van der Waals surface area contributed by atoms with Gasteiger partial charge in [0, 0.05) is 56.9 Å². The number of hydrogen-bond donors (Lipinski definition) is 0. The molecule has 0 bridgehead atoms. The molecule has 5 rings (SSSR count). The first-order valence-corrected chi connectivity index (χ1v) is 11.6. The van der Waals surface area contributed by atoms with E-state index in [0.29, 0.717) is 23.9 Å². The Labute approximate surface area is 194 Å². The van der Waals surface area contributed by atoms with Gasteiger partial charge in [-0.3, -0.25) is 14.4 Å². The van der Waals surface area contributed by atoms with E-state index < -0.39 is 0 Å². The Bertz CT molecular complexity index is 1110. The van der Waals surface area contributed by atoms with Gasteiger partial charge in [-0.05, 0) is 38.1 Å². The number of hydrogen-bond acceptors (Lipinski definition) is 6. The molecule has 2 aromatic heterocycles. The number of fused-ring (bicyclic) bond motifs is 1. The molecule has 0 spiro atoms. The van der Waals surface area contributed by atoms with Crippen molar-refractivity contribution in [2.75, 3.05) is 46.8 Å². The van der Waals surface area contributed by atoms with Crippen LogP contribution in [0.5, 0.6) is 0 Å². The van der Waals surface area contributed by atoms with Crippen LogP contribution in [0.4, 0.5) is 0 Å². The molecule has 2 atom stereocenters. The van der Waals surface area contributed by atoms with Crippen LogP contribution in [0.15, 0.2) is 53.3 Å². The summed E-state index contributed by atoms with van der Waals surface area (Å²) in [6.07, 6.45) is 3.74. The first-order chi connectivity index (χ1) is 15.9. The van der Waals surface area contributed by atoms with Crippen molar-refractivity contribution in [3.8, 4) is 0 Å². The Morgan fingerprint density at radius 3 is 2.73 bits per heavy atom. The summed E-state index contributed by atoms with van der Waals surface area (Å²) in [6, 6.07) is 12.4. The van der Waals surface area contributed by atoms with Crippen molar-refractivity contribution in [2.24, 2.45) is 11.3 Å². The molecule has 2 saturated heterocycles. The van der Waals surface area contributed by atoms with Crippen molar-refractivity contribution in [1.82, 2.24) is 29.6 Å². The lowest BCUT2D eigenvalue weighted by Gasteiger charge is -2.32. The van der Waals surface area contributed by atoms with Crippen LogP contribution in [-0.2, 0) is 13.1 Å². The summed E-state index contributed by atoms with van der Waals surface area (Å²) in [5, 5.41) is 8.36. The lowest BCUT2D eigenvalue weighted by atomic mass is 9.80. The van der Waals surface area contributed by atoms with E-state index in [4.69, 9.17) is 4.52 Å². The fraction of sp³-hybridized carbons (Fsp3) is 0.480. The highest BCUT2D eigenvalue weighted by Crippen LogP contribution is 2.43. The summed E-state index contributed by atoms with van der Waals surface area (Å²) >= 11 is 0. The number of amides is 1. The molecule has 2 aliphatic heterocycles. The van der Waals surface area contributed by atoms with Gasteiger partial charge >= 0.3 is 0 Å². The van der Waals surface area contributed by atoms with Crippen molar-refractivity contribution in [3.05, 3.63) is 71.4 Å². The number of benzene rings is 1. The minimum absolute atomic E-state index is 0.0382. The number of carbonyl (C=O) groups excluding carboxylic acids is 1. The van der Waals surface area contributed by atoms with Crippen LogP contribution < -0.4 is 0 Å². The van der Waals surface area contributed by atoms with Gasteiger partial charge in [-0.15, -0.1) is 0 Å². The maximum absolute atomic E-state index is 13.3. The molecule has 0 N–H and O–H groups in total. The van der Waals surface area contributed by atoms with Gasteiger partial charge in [0.15, 0.2) is 11.5 Å². The largest absolute Gasteiger partial charge is 0.359 e. The van der Waals surface area contributed by atoms with E-state index in [1.165, 1.54) is 5.56 Å². The van der Waals surface area contributed by atoms with E-state index in [1.807, 2.05) is 18.0 Å². The minimum Gasteiger partial charge on any atom is -0.359 e. The maximum atomic E-state index is 13.3. The van der Waals surface area contributed by atoms with Crippen LogP contribution in [0.25, 0.3) is 0 Å². The molecule has 0 saturated carbocycles. The Morgan fingerprint density at radius 2 is 2.00 bits per heavy atom. The molecule has 2 fully saturated rings. The number of rotatable bonds is 7. The SMILES string of the molecule is Cc1cnn(Cc2cc(C(=O)N3C[C@H]4CN(Cc5ccccc5)C[C@@]4(CN(C)C)C3)no2)c1. The fourth-order valence-electron chi connectivity index (χ4n) is 5.62. The predicted molar refractivity (Wildman–Crippen MR) is 125 cm³/mol. The summed E-state index contributed by atoms with van der Waals surface area (Å²) in [5.41, 5.74) is 2.89. The number of nitrogens with zero attached hydrogens (tertiary/aromatic N) is 6. The van der Waals surface area contributed by atoms with Gasteiger partial charge in [0.05, 0.1) is 6.20 Å². The number of likely N-dealkylation sites (tertiary alicyclic amines) is 2. The molecule has 0 radical (unpaired) electrons. The zero-order chi connectivity index (χ0) is 23.0. The van der Waals surface area contributed by atoms with Gasteiger partial charge in [-0.25, -0.2) is 0 Å². The standard InChI is InChI=1S/C25H32N6O2/c1-19-10-26-31(11-19)15-22-9-23(27-33-22)24(32)30-14-21-13-29(12-20-7-5-4-6-8-20)17-25(21,18-30)16-28(2)3/h4-11,21H,12-18H2,1-3H3/t21-,25+/m1/s1. The molecule has 1 aromatic carbocycles. The Morgan fingerprint density at radius 1 is 1.18 bits per heavy atom. The van der Waals surface area contributed by atoms with Gasteiger partial charge in [0.25, 0.3) is 5.91 Å². The van der Waals surface area contributed by atoms with Gasteiger partial charge in [-0.1, -0.05) is 35.5 Å². The van der Waals surface area contributed by atoms with Gasteiger partial charge < -0.3 is 14.3 Å². The topological polar surface area (TPSA) is 70.6 Å². The first kappa shape index (κ1) is 21.9. The second-order valence-electron chi connectivity index (χ2n) is 10.0. The first-order valence-electron chi connectivity index (χ1n) is 11.6. The average Bonchev–Trinajstić information content (AvgIpc) is 3.52. The normalized spacial score (nSPS) is 22.9. The van der Waals surface area contributed by atoms with Crippen molar-refractivity contribution in [3.63, 3.8) is 0 Å². The molecule has 1 amide bonds. The van der Waals surface area contributed by atoms with E-state index in [-0.39, 0.29) is 11.3 Å². The highest BCUT2D eigenvalue weighted by Gasteiger charge is 2.53. The second kappa shape index (κ2) is 8.76. The van der Waals surface area contributed by atoms with Crippen molar-refractivity contribution in [2.45, 2.75) is 20.0 Å². The summed E-state index contributed by atoms with van der Waals surface area (Å²) in [6.45, 7) is 7.91. The molecule has 2 aliphatic rings. The highest BCUT2D eigenvalue weighted by atomic mass is 16.5. The molecular weight excluding hydrogens is 416 g/mol. The lowest BCUT2D eigenvalue weighted by molar-refractivity contribution is 0.0737. The van der Waals surface area contributed by atoms with Gasteiger partial charge in [0.2, 0.25) is 0 Å². The Kier molecular flexibility index (Phi) is 5.80. The van der Waals surface area contributed by atoms with Crippen LogP contribution >= 0.6 is 0 Å². The highest BCUT2D eigenvalue weighted by molar-refractivity contribution is 5.92. The molecule has 33 heavy (non-hydrogen) atoms. The third-order valence-corrected chi connectivity index (χ3v) is 6.86. The Balaban J connectivity index is 1.27. The van der Waals surface area contributed by atoms with E-state index in [0.717, 1.165) is 44.8 Å². The molecule has 8 heteroatoms. The van der Waals surface area contributed by atoms with Crippen molar-refractivity contribution < 1.29 is 9.32 Å². The zero-order valence-corrected chi connectivity index (χ0v) is 19.6. The molecular formula is C25H32N6O2. The molecule has 3 aromatic rings. The molecule has 4 heterocycles. The third-order valence-electron chi connectivity index (χ3n) is 6.86. The van der Waals surface area contributed by atoms with Crippen LogP contribution in [0.2, 0.25) is 0 Å². The summed E-state index contributed by atoms with van der Waals surface area (Å²) in [7, 11) is 4.24. The van der Waals surface area contributed by atoms with Crippen LogP contribution in [0, 0.1) is 18.3 Å². The molecule has 8 nitrogen and oxygen atoms in total. The molecule has 0 aliphatic carbocycles. The smallest absolute Gasteiger partial charge is 0.276 e. The fourth-order valence-corrected chi connectivity index (χ4v) is 5.62. The van der Waals surface area contributed by atoms with Crippen molar-refractivity contribution >= 4 is 5.91 Å². The second-order valence-corrected chi connectivity index (χ2v) is 10.0. The van der Waals surface area contributed by atoms with E-state index in [1.54, 1.807) is 16.9 Å². The predicted octanol–water partition coefficient (Wildman–Crippen LogP) is 2.36. The third kappa shape index (κ3) is 4.58. The van der Waals surface area contributed by atoms with E-state index in [2.05, 4.69) is 64.5 Å². The summed E-state index contributed by atoms with van der Waals surface area (Å²) in [4.78, 5) is 20.1. The van der Waals surface area contributed by atoms with Gasteiger partial charge in [-0.2, -0.15) is 5.10 Å². The van der Waals surface area contributed by atoms with Crippen LogP contribution in [0.3, 0.4) is 0 Å². The average molecular weight is 449 g/mol. The minimum atomic E-state index is -0.0382. The zero-order valence-electron chi connectivity index (χ0n) is 19.6. The monoisotopic (exact) mass is 448 g/mol. The summed E-state index contributed by atoms with van der Waals surface area (Å²) in [5.74, 6) is 1.05. The van der Waals surface area contributed by atoms with E-state index in [9.17, 15) is 4.79 Å². The van der Waals surface area contributed by atoms with Crippen molar-refractivity contribution in [1.29, 1.82) is 0 Å². The van der Waals surface area contributed by atoms with Crippen LogP contribution in [-0.4, -0.2) is 82.4 Å². The number of aryl methyl sites for hydroxylation is 1. The Hall–Kier alpha value is -2.97. The molecule has 174 valence electrons. The quantitative estimate of drug-likeness (QED) is 0.553. The maximum Gasteiger partial charge on any atom is 0.276 e. The number of aromatic nitrogens is 3. The summed E-state index contributed by atoms with van der Waals surface area (Å²) < 4.78 is 7.24. The molecule has 0 unspecified atom stereocenters. The van der Waals surface area contributed by atoms with Crippen LogP contribution in [0.1, 0.15) is 27.4 Å². The number of carbonyl (C=O) groups is 1.